The van der Waals surface area contributed by atoms with Crippen molar-refractivity contribution in [3.8, 4) is 22.2 Å². The van der Waals surface area contributed by atoms with Crippen molar-refractivity contribution in [2.24, 2.45) is 0 Å². The lowest BCUT2D eigenvalue weighted by Gasteiger charge is -2.03. The van der Waals surface area contributed by atoms with Crippen LogP contribution < -0.4 is 5.84 Å². The van der Waals surface area contributed by atoms with E-state index in [4.69, 9.17) is 21.9 Å². The summed E-state index contributed by atoms with van der Waals surface area (Å²) in [4.78, 5) is 5.49. The van der Waals surface area contributed by atoms with Crippen molar-refractivity contribution in [2.75, 3.05) is 5.84 Å². The molecule has 9 heteroatoms. The highest BCUT2D eigenvalue weighted by Crippen LogP contribution is 2.27. The fourth-order valence-electron chi connectivity index (χ4n) is 2.20. The zero-order valence-corrected chi connectivity index (χ0v) is 15.2. The van der Waals surface area contributed by atoms with Crippen molar-refractivity contribution in [1.82, 2.24) is 19.9 Å². The Kier molecular flexibility index (Phi) is 4.48. The van der Waals surface area contributed by atoms with Crippen molar-refractivity contribution in [1.29, 1.82) is 0 Å². The van der Waals surface area contributed by atoms with Gasteiger partial charge in [0.1, 0.15) is 6.26 Å². The van der Waals surface area contributed by atoms with Crippen LogP contribution in [0.2, 0.25) is 5.02 Å². The molecule has 4 aromatic rings. The first kappa shape index (κ1) is 16.2. The Morgan fingerprint density at radius 1 is 1.20 bits per heavy atom. The van der Waals surface area contributed by atoms with Crippen LogP contribution in [0.15, 0.2) is 57.6 Å². The zero-order valence-electron chi connectivity index (χ0n) is 12.8. The second-order valence-corrected chi connectivity index (χ2v) is 7.42. The molecule has 25 heavy (non-hydrogen) atoms. The van der Waals surface area contributed by atoms with Crippen LogP contribution in [0, 0.1) is 0 Å². The number of aromatic nitrogens is 4. The molecule has 0 saturated heterocycles. The Morgan fingerprint density at radius 3 is 2.80 bits per heavy atom. The van der Waals surface area contributed by atoms with E-state index < -0.39 is 0 Å². The number of halogens is 1. The molecule has 0 bridgehead atoms. The first-order valence-electron chi connectivity index (χ1n) is 7.28. The van der Waals surface area contributed by atoms with Crippen LogP contribution in [0.1, 0.15) is 5.69 Å². The molecule has 0 aliphatic carbocycles. The Labute approximate surface area is 156 Å². The van der Waals surface area contributed by atoms with E-state index in [1.165, 1.54) is 16.4 Å². The first-order valence-corrected chi connectivity index (χ1v) is 9.52. The van der Waals surface area contributed by atoms with Gasteiger partial charge < -0.3 is 10.3 Å². The van der Waals surface area contributed by atoms with Crippen molar-refractivity contribution in [3.05, 3.63) is 58.8 Å². The van der Waals surface area contributed by atoms with Gasteiger partial charge in [-0.1, -0.05) is 29.4 Å². The summed E-state index contributed by atoms with van der Waals surface area (Å²) in [5.41, 5.74) is 1.68. The van der Waals surface area contributed by atoms with Gasteiger partial charge in [0.15, 0.2) is 5.82 Å². The van der Waals surface area contributed by atoms with E-state index in [1.807, 2.05) is 29.6 Å². The monoisotopic (exact) mass is 389 g/mol. The smallest absolute Gasteiger partial charge is 0.236 e. The van der Waals surface area contributed by atoms with Gasteiger partial charge in [0, 0.05) is 16.3 Å². The van der Waals surface area contributed by atoms with Crippen LogP contribution in [0.5, 0.6) is 0 Å². The van der Waals surface area contributed by atoms with Gasteiger partial charge in [-0.15, -0.1) is 21.5 Å². The third kappa shape index (κ3) is 3.41. The van der Waals surface area contributed by atoms with E-state index in [0.29, 0.717) is 27.6 Å². The lowest BCUT2D eigenvalue weighted by atomic mass is 10.2. The van der Waals surface area contributed by atoms with Crippen LogP contribution in [0.3, 0.4) is 0 Å². The number of nitrogens with two attached hydrogens (primary N) is 1. The average Bonchev–Trinajstić information content (AvgIpc) is 3.35. The van der Waals surface area contributed by atoms with Gasteiger partial charge in [-0.05, 0) is 35.7 Å². The van der Waals surface area contributed by atoms with E-state index in [9.17, 15) is 0 Å². The largest absolute Gasteiger partial charge is 0.444 e. The Balaban J connectivity index is 1.48. The number of nitrogen functional groups attached to an aromatic ring is 1. The molecule has 0 amide bonds. The van der Waals surface area contributed by atoms with Crippen molar-refractivity contribution >= 4 is 34.7 Å². The topological polar surface area (TPSA) is 82.8 Å². The van der Waals surface area contributed by atoms with Crippen LogP contribution in [0.4, 0.5) is 0 Å². The molecule has 0 radical (unpaired) electrons. The number of thiophene rings is 1. The van der Waals surface area contributed by atoms with Gasteiger partial charge >= 0.3 is 0 Å². The molecule has 0 fully saturated rings. The van der Waals surface area contributed by atoms with E-state index in [2.05, 4.69) is 15.2 Å². The second-order valence-electron chi connectivity index (χ2n) is 5.09. The van der Waals surface area contributed by atoms with Gasteiger partial charge in [-0.2, -0.15) is 0 Å². The molecule has 0 saturated carbocycles. The predicted molar refractivity (Wildman–Crippen MR) is 100.0 cm³/mol. The van der Waals surface area contributed by atoms with Crippen LogP contribution >= 0.6 is 34.7 Å². The molecule has 3 heterocycles. The van der Waals surface area contributed by atoms with E-state index in [1.54, 1.807) is 29.7 Å². The minimum atomic E-state index is 0.582. The number of hydrogen-bond acceptors (Lipinski definition) is 7. The van der Waals surface area contributed by atoms with E-state index in [-0.39, 0.29) is 0 Å². The summed E-state index contributed by atoms with van der Waals surface area (Å²) in [6.07, 6.45) is 1.65. The van der Waals surface area contributed by atoms with Crippen molar-refractivity contribution in [3.63, 3.8) is 0 Å². The Hall–Kier alpha value is -2.29. The number of thioether (sulfide) groups is 1. The third-order valence-electron chi connectivity index (χ3n) is 3.40. The minimum Gasteiger partial charge on any atom is -0.444 e. The number of benzene rings is 1. The highest BCUT2D eigenvalue weighted by Gasteiger charge is 2.14. The van der Waals surface area contributed by atoms with Crippen LogP contribution in [-0.4, -0.2) is 19.9 Å². The molecule has 126 valence electrons. The van der Waals surface area contributed by atoms with Gasteiger partial charge in [0.25, 0.3) is 0 Å². The number of oxazole rings is 1. The Morgan fingerprint density at radius 2 is 2.04 bits per heavy atom. The van der Waals surface area contributed by atoms with Crippen molar-refractivity contribution < 1.29 is 4.42 Å². The number of rotatable bonds is 5. The maximum atomic E-state index is 6.12. The maximum absolute atomic E-state index is 6.12. The molecule has 6 nitrogen and oxygen atoms in total. The highest BCUT2D eigenvalue weighted by atomic mass is 35.5. The Bertz CT molecular complexity index is 979. The van der Waals surface area contributed by atoms with Gasteiger partial charge in [0.2, 0.25) is 11.0 Å². The second kappa shape index (κ2) is 6.91. The predicted octanol–water partition coefficient (Wildman–Crippen LogP) is 4.32. The maximum Gasteiger partial charge on any atom is 0.236 e. The minimum absolute atomic E-state index is 0.582. The number of nitrogens with zero attached hydrogens (tertiary/aromatic N) is 4. The summed E-state index contributed by atoms with van der Waals surface area (Å²) >= 11 is 8.95. The zero-order chi connectivity index (χ0) is 17.2. The molecule has 1 aromatic carbocycles. The fraction of sp³-hybridized carbons (Fsp3) is 0.0625. The van der Waals surface area contributed by atoms with E-state index in [0.717, 1.165) is 16.1 Å². The first-order chi connectivity index (χ1) is 12.2. The summed E-state index contributed by atoms with van der Waals surface area (Å²) in [5.74, 6) is 7.91. The molecule has 0 aliphatic heterocycles. The van der Waals surface area contributed by atoms with Crippen LogP contribution in [0.25, 0.3) is 22.2 Å². The summed E-state index contributed by atoms with van der Waals surface area (Å²) in [5, 5.41) is 11.6. The highest BCUT2D eigenvalue weighted by molar-refractivity contribution is 7.98. The van der Waals surface area contributed by atoms with Gasteiger partial charge in [-0.25, -0.2) is 9.66 Å². The summed E-state index contributed by atoms with van der Waals surface area (Å²) in [6, 6.07) is 11.2. The fourth-order valence-corrected chi connectivity index (χ4v) is 3.71. The molecule has 0 unspecified atom stereocenters. The quantitative estimate of drug-likeness (QED) is 0.404. The molecular formula is C16H12ClN5OS2. The van der Waals surface area contributed by atoms with Crippen molar-refractivity contribution in [2.45, 2.75) is 10.9 Å². The third-order valence-corrected chi connectivity index (χ3v) is 5.49. The molecule has 0 atom stereocenters. The number of hydrogen-bond donors (Lipinski definition) is 1. The van der Waals surface area contributed by atoms with E-state index >= 15 is 0 Å². The van der Waals surface area contributed by atoms with Gasteiger partial charge in [0.05, 0.1) is 10.6 Å². The molecule has 3 aromatic heterocycles. The summed E-state index contributed by atoms with van der Waals surface area (Å²) < 4.78 is 6.98. The lowest BCUT2D eigenvalue weighted by molar-refractivity contribution is 0.575. The average molecular weight is 390 g/mol. The normalized spacial score (nSPS) is 11.1. The molecule has 2 N–H and O–H groups in total. The standard InChI is InChI=1S/C16H12ClN5OS2/c17-11-5-3-10(4-6-11)14-20-21-16(22(14)18)25-9-12-8-23-15(19-12)13-2-1-7-24-13/h1-8H,9,18H2. The molecular weight excluding hydrogens is 378 g/mol. The summed E-state index contributed by atoms with van der Waals surface area (Å²) in [6.45, 7) is 0. The lowest BCUT2D eigenvalue weighted by Crippen LogP contribution is -2.11. The molecule has 0 spiro atoms. The van der Waals surface area contributed by atoms with Gasteiger partial charge in [-0.3, -0.25) is 0 Å². The molecule has 0 aliphatic rings. The molecule has 4 rings (SSSR count). The SMILES string of the molecule is Nn1c(SCc2coc(-c3cccs3)n2)nnc1-c1ccc(Cl)cc1. The van der Waals surface area contributed by atoms with Crippen LogP contribution in [-0.2, 0) is 5.75 Å². The summed E-state index contributed by atoms with van der Waals surface area (Å²) in [7, 11) is 0.